The second-order valence-electron chi connectivity index (χ2n) is 9.51. The fraction of sp³-hybridized carbons (Fsp3) is 0.438. The summed E-state index contributed by atoms with van der Waals surface area (Å²) in [4.78, 5) is 4.04. The van der Waals surface area contributed by atoms with E-state index in [1.807, 2.05) is 24.5 Å². The molecule has 0 amide bonds. The summed E-state index contributed by atoms with van der Waals surface area (Å²) in [6, 6.07) is 8.43. The van der Waals surface area contributed by atoms with Gasteiger partial charge in [0, 0.05) is 70.5 Å². The molecule has 0 radical (unpaired) electrons. The third-order valence-corrected chi connectivity index (χ3v) is 6.99. The molecule has 210 valence electrons. The van der Waals surface area contributed by atoms with Crippen LogP contribution >= 0.6 is 11.6 Å². The normalized spacial score (nSPS) is 19.4. The predicted octanol–water partition coefficient (Wildman–Crippen LogP) is 5.65. The van der Waals surface area contributed by atoms with Crippen LogP contribution < -0.4 is 17.0 Å². The van der Waals surface area contributed by atoms with Gasteiger partial charge in [-0.15, -0.1) is 11.6 Å². The quantitative estimate of drug-likeness (QED) is 0.184. The fourth-order valence-corrected chi connectivity index (χ4v) is 4.69. The van der Waals surface area contributed by atoms with E-state index in [1.54, 1.807) is 0 Å². The second kappa shape index (κ2) is 23.7. The molecule has 6 rings (SSSR count). The van der Waals surface area contributed by atoms with Crippen LogP contribution in [0.5, 0.6) is 0 Å². The van der Waals surface area contributed by atoms with Crippen molar-refractivity contribution in [2.24, 2.45) is 11.8 Å². The van der Waals surface area contributed by atoms with Gasteiger partial charge in [0.05, 0.1) is 0 Å². The monoisotopic (exact) mass is 636 g/mol. The summed E-state index contributed by atoms with van der Waals surface area (Å²) in [6.45, 7) is 1.09. The molecule has 0 N–H and O–H groups in total. The maximum absolute atomic E-state index is 5.56. The van der Waals surface area contributed by atoms with E-state index >= 15 is 0 Å². The van der Waals surface area contributed by atoms with E-state index in [9.17, 15) is 0 Å². The minimum atomic E-state index is 0. The molecular formula is C32H42Cl2Fe2N2. The molecule has 0 aliphatic heterocycles. The number of rotatable bonds is 4. The van der Waals surface area contributed by atoms with Crippen molar-refractivity contribution in [3.63, 3.8) is 0 Å². The molecule has 2 aromatic rings. The molecule has 0 unspecified atom stereocenters. The largest absolute Gasteiger partial charge is 1.00 e. The Kier molecular flexibility index (Phi) is 23.0. The zero-order valence-corrected chi connectivity index (χ0v) is 26.0. The van der Waals surface area contributed by atoms with E-state index in [-0.39, 0.29) is 46.5 Å². The Labute approximate surface area is 263 Å². The predicted molar refractivity (Wildman–Crippen MR) is 150 cm³/mol. The van der Waals surface area contributed by atoms with Gasteiger partial charge in [-0.25, -0.2) is 4.57 Å². The van der Waals surface area contributed by atoms with Crippen molar-refractivity contribution in [3.05, 3.63) is 97.7 Å². The van der Waals surface area contributed by atoms with E-state index in [0.29, 0.717) is 11.8 Å². The second-order valence-corrected chi connectivity index (χ2v) is 9.82. The van der Waals surface area contributed by atoms with Gasteiger partial charge in [-0.1, -0.05) is 48.6 Å². The van der Waals surface area contributed by atoms with E-state index in [4.69, 9.17) is 11.6 Å². The molecule has 0 fully saturated rings. The number of allylic oxidation sites excluding steroid dienone is 8. The first-order valence-corrected chi connectivity index (χ1v) is 14.0. The van der Waals surface area contributed by atoms with E-state index in [2.05, 4.69) is 82.7 Å². The van der Waals surface area contributed by atoms with E-state index in [0.717, 1.165) is 12.4 Å². The van der Waals surface area contributed by atoms with Crippen LogP contribution in [0, 0.1) is 11.8 Å². The summed E-state index contributed by atoms with van der Waals surface area (Å²) in [5.74, 6) is 2.19. The smallest absolute Gasteiger partial charge is 0.169 e. The molecule has 6 heteroatoms. The Balaban J connectivity index is 0.000000566. The minimum Gasteiger partial charge on any atom is -1.00 e. The molecule has 2 aromatic heterocycles. The molecule has 38 heavy (non-hydrogen) atoms. The molecule has 0 saturated heterocycles. The van der Waals surface area contributed by atoms with E-state index < -0.39 is 0 Å². The molecule has 0 bridgehead atoms. The minimum absolute atomic E-state index is 0. The van der Waals surface area contributed by atoms with Crippen LogP contribution in [0.25, 0.3) is 11.1 Å². The maximum atomic E-state index is 5.56. The van der Waals surface area contributed by atoms with Crippen molar-refractivity contribution in [2.45, 2.75) is 70.8 Å². The zero-order chi connectivity index (χ0) is 24.4. The van der Waals surface area contributed by atoms with Gasteiger partial charge < -0.3 is 12.4 Å². The summed E-state index contributed by atoms with van der Waals surface area (Å²) >= 11 is 5.56. The molecule has 2 atom stereocenters. The number of nitrogens with zero attached hydrogens (tertiary/aromatic N) is 2. The van der Waals surface area contributed by atoms with Crippen LogP contribution in [0.3, 0.4) is 0 Å². The van der Waals surface area contributed by atoms with Gasteiger partial charge in [0.15, 0.2) is 18.9 Å². The number of halogens is 2. The van der Waals surface area contributed by atoms with Gasteiger partial charge in [-0.05, 0) is 93.4 Å². The Morgan fingerprint density at radius 3 is 1.50 bits per heavy atom. The van der Waals surface area contributed by atoms with Crippen molar-refractivity contribution in [2.75, 3.05) is 5.88 Å². The van der Waals surface area contributed by atoms with Crippen molar-refractivity contribution >= 4 is 11.6 Å². The maximum Gasteiger partial charge on any atom is 0.169 e. The van der Waals surface area contributed by atoms with Crippen molar-refractivity contribution in [3.8, 4) is 11.1 Å². The van der Waals surface area contributed by atoms with Crippen LogP contribution in [-0.4, -0.2) is 10.9 Å². The summed E-state index contributed by atoms with van der Waals surface area (Å²) in [5, 5.41) is 0. The Morgan fingerprint density at radius 2 is 1.13 bits per heavy atom. The Hall–Kier alpha value is -1.12. The Bertz CT molecular complexity index is 916. The van der Waals surface area contributed by atoms with Crippen molar-refractivity contribution < 1.29 is 51.1 Å². The zero-order valence-electron chi connectivity index (χ0n) is 22.2. The standard InChI is InChI=1S/C16H17N2.C6H9Cl.2C5H8.ClH.2Fe/c1-2-4-14(3-1)13-18-11-7-16(8-12-18)15-5-9-17-10-6-15;7-5-6-3-1-2-4-6;2*1-2-4-5-3-1;;;/h1,3,5-12,14H,2,4,13H2;1,3,6H,2,4-5H2;2*1-2H,3-5H2;1H;;/q+1;;;;;;/p-1/t14-;6-;;;;;/m11...../s1. The molecule has 0 aromatic carbocycles. The van der Waals surface area contributed by atoms with Crippen LogP contribution in [0.4, 0.5) is 0 Å². The molecule has 0 spiro atoms. The SMILES string of the molecule is C1=CCCC1.C1=CCCC1.C1=C[C@@H](C[n+]2ccc(-c3ccncc3)cc2)CC1.ClC[C@@H]1C=CCC1.[Cl-].[Fe].[Fe]. The number of pyridine rings is 2. The molecule has 4 aliphatic carbocycles. The molecule has 4 aliphatic rings. The molecule has 2 heterocycles. The van der Waals surface area contributed by atoms with Crippen molar-refractivity contribution in [1.29, 1.82) is 0 Å². The average Bonchev–Trinajstić information content (AvgIpc) is 3.76. The summed E-state index contributed by atoms with van der Waals surface area (Å²) in [5.41, 5.74) is 2.47. The van der Waals surface area contributed by atoms with Gasteiger partial charge in [0.1, 0.15) is 0 Å². The van der Waals surface area contributed by atoms with Gasteiger partial charge in [-0.3, -0.25) is 4.98 Å². The van der Waals surface area contributed by atoms with E-state index in [1.165, 1.54) is 75.3 Å². The van der Waals surface area contributed by atoms with Gasteiger partial charge in [0.2, 0.25) is 0 Å². The van der Waals surface area contributed by atoms with Gasteiger partial charge in [0.25, 0.3) is 0 Å². The van der Waals surface area contributed by atoms with Gasteiger partial charge >= 0.3 is 0 Å². The van der Waals surface area contributed by atoms with Crippen LogP contribution in [0.15, 0.2) is 97.7 Å². The number of hydrogen-bond donors (Lipinski definition) is 0. The third-order valence-electron chi connectivity index (χ3n) is 6.59. The number of alkyl halides is 1. The number of hydrogen-bond acceptors (Lipinski definition) is 1. The van der Waals surface area contributed by atoms with Crippen molar-refractivity contribution in [1.82, 2.24) is 4.98 Å². The Morgan fingerprint density at radius 1 is 0.658 bits per heavy atom. The van der Waals surface area contributed by atoms with Crippen LogP contribution in [0.1, 0.15) is 64.2 Å². The van der Waals surface area contributed by atoms with Crippen LogP contribution in [-0.2, 0) is 40.7 Å². The summed E-state index contributed by atoms with van der Waals surface area (Å²) in [7, 11) is 0. The summed E-state index contributed by atoms with van der Waals surface area (Å²) < 4.78 is 2.27. The fourth-order valence-electron chi connectivity index (χ4n) is 4.44. The first-order chi connectivity index (χ1) is 17.3. The first-order valence-electron chi connectivity index (χ1n) is 13.4. The molecule has 2 nitrogen and oxygen atoms in total. The third kappa shape index (κ3) is 15.5. The van der Waals surface area contributed by atoms with Gasteiger partial charge in [-0.2, -0.15) is 0 Å². The topological polar surface area (TPSA) is 16.8 Å². The average molecular weight is 637 g/mol. The summed E-state index contributed by atoms with van der Waals surface area (Å²) in [6.07, 6.45) is 39.1. The molecule has 0 saturated carbocycles. The first kappa shape index (κ1) is 36.9. The van der Waals surface area contributed by atoms with Crippen LogP contribution in [0.2, 0.25) is 0 Å². The number of aromatic nitrogens is 2. The molecular weight excluding hydrogens is 595 g/mol.